The van der Waals surface area contributed by atoms with Gasteiger partial charge in [-0.1, -0.05) is 90.4 Å². The Labute approximate surface area is 163 Å². The molecule has 26 heavy (non-hydrogen) atoms. The van der Waals surface area contributed by atoms with Gasteiger partial charge in [0.15, 0.2) is 0 Å². The van der Waals surface area contributed by atoms with Crippen molar-refractivity contribution in [1.82, 2.24) is 0 Å². The van der Waals surface area contributed by atoms with Gasteiger partial charge in [0.2, 0.25) is 7.57 Å². The van der Waals surface area contributed by atoms with Crippen LogP contribution in [0, 0.1) is 0 Å². The molecule has 0 aliphatic rings. The molecule has 0 bridgehead atoms. The first kappa shape index (κ1) is 26.1. The summed E-state index contributed by atoms with van der Waals surface area (Å²) in [6, 6.07) is 0. The zero-order valence-corrected chi connectivity index (χ0v) is 18.7. The molecule has 5 heteroatoms. The highest BCUT2D eigenvalue weighted by Crippen LogP contribution is 2.43. The third kappa shape index (κ3) is 20.5. The monoisotopic (exact) mass is 391 g/mol. The molecule has 4 nitrogen and oxygen atoms in total. The fourth-order valence-electron chi connectivity index (χ4n) is 2.81. The normalized spacial score (nSPS) is 14.5. The van der Waals surface area contributed by atoms with E-state index in [4.69, 9.17) is 14.8 Å². The summed E-state index contributed by atoms with van der Waals surface area (Å²) in [6.45, 7) is 6.73. The van der Waals surface area contributed by atoms with Gasteiger partial charge in [-0.2, -0.15) is 0 Å². The molecule has 0 aromatic carbocycles. The number of nitrogens with two attached hydrogens (primary N) is 1. The van der Waals surface area contributed by atoms with Crippen molar-refractivity contribution >= 4 is 13.9 Å². The molecule has 0 aromatic rings. The summed E-state index contributed by atoms with van der Waals surface area (Å²) >= 11 is 0. The van der Waals surface area contributed by atoms with Gasteiger partial charge in [-0.25, -0.2) is 0 Å². The minimum Gasteiger partial charge on any atom is -0.333 e. The van der Waals surface area contributed by atoms with Crippen molar-refractivity contribution < 1.29 is 13.9 Å². The van der Waals surface area contributed by atoms with Gasteiger partial charge in [0, 0.05) is 5.54 Å². The summed E-state index contributed by atoms with van der Waals surface area (Å²) < 4.78 is 10.7. The van der Waals surface area contributed by atoms with Crippen molar-refractivity contribution in [2.75, 3.05) is 13.2 Å². The van der Waals surface area contributed by atoms with Crippen LogP contribution < -0.4 is 5.73 Å². The summed E-state index contributed by atoms with van der Waals surface area (Å²) in [5, 5.41) is 0. The highest BCUT2D eigenvalue weighted by Gasteiger charge is 2.18. The van der Waals surface area contributed by atoms with Gasteiger partial charge in [-0.05, 0) is 26.6 Å². The lowest BCUT2D eigenvalue weighted by Gasteiger charge is -2.24. The topological polar surface area (TPSA) is 64.7 Å². The first-order chi connectivity index (χ1) is 12.3. The van der Waals surface area contributed by atoms with E-state index in [2.05, 4.69) is 13.2 Å². The molecule has 0 aromatic heterocycles. The van der Waals surface area contributed by atoms with Gasteiger partial charge >= 0.3 is 0 Å². The van der Waals surface area contributed by atoms with E-state index in [9.17, 15) is 4.89 Å². The van der Waals surface area contributed by atoms with Gasteiger partial charge in [0.25, 0.3) is 0 Å². The summed E-state index contributed by atoms with van der Waals surface area (Å²) in [4.78, 5) is 9.98. The Morgan fingerprint density at radius 3 is 1.54 bits per heavy atom. The molecule has 158 valence electrons. The van der Waals surface area contributed by atoms with Crippen molar-refractivity contribution in [2.24, 2.45) is 5.73 Å². The first-order valence-electron chi connectivity index (χ1n) is 10.8. The predicted octanol–water partition coefficient (Wildman–Crippen LogP) is 6.43. The van der Waals surface area contributed by atoms with E-state index in [1.807, 2.05) is 13.8 Å². The van der Waals surface area contributed by atoms with Crippen LogP contribution in [0.1, 0.15) is 111 Å². The predicted molar refractivity (Wildman–Crippen MR) is 117 cm³/mol. The molecule has 0 saturated heterocycles. The third-order valence-electron chi connectivity index (χ3n) is 4.43. The molecule has 0 fully saturated rings. The second kappa shape index (κ2) is 16.1. The number of rotatable bonds is 19. The van der Waals surface area contributed by atoms with E-state index in [1.165, 1.54) is 77.0 Å². The van der Waals surface area contributed by atoms with Gasteiger partial charge < -0.3 is 19.7 Å². The van der Waals surface area contributed by atoms with Gasteiger partial charge in [0.1, 0.15) is 0 Å². The van der Waals surface area contributed by atoms with E-state index in [1.54, 1.807) is 0 Å². The summed E-state index contributed by atoms with van der Waals surface area (Å²) in [7, 11) is -2.96. The number of unbranched alkanes of at least 4 members (excludes halogenated alkanes) is 13. The van der Waals surface area contributed by atoms with Gasteiger partial charge in [0.05, 0.1) is 13.2 Å². The molecule has 0 amide bonds. The Bertz CT molecular complexity index is 356. The van der Waals surface area contributed by atoms with Gasteiger partial charge in [-0.3, -0.25) is 0 Å². The molecule has 0 heterocycles. The average Bonchev–Trinajstić information content (AvgIpc) is 2.56. The van der Waals surface area contributed by atoms with Crippen molar-refractivity contribution in [3.05, 3.63) is 0 Å². The number of hydrogen-bond donors (Lipinski definition) is 2. The zero-order valence-electron chi connectivity index (χ0n) is 17.8. The molecule has 1 unspecified atom stereocenters. The van der Waals surface area contributed by atoms with Gasteiger partial charge in [-0.15, -0.1) is 0 Å². The second-order valence-corrected chi connectivity index (χ2v) is 10.1. The SMILES string of the molecule is C=P(O)(OCCCCCCCCCCCCCCCC)OCC(C)(C)N. The van der Waals surface area contributed by atoms with Crippen molar-refractivity contribution in [3.8, 4) is 0 Å². The molecule has 0 spiro atoms. The van der Waals surface area contributed by atoms with Crippen LogP contribution in [0.3, 0.4) is 0 Å². The van der Waals surface area contributed by atoms with Crippen LogP contribution in [0.5, 0.6) is 0 Å². The van der Waals surface area contributed by atoms with Crippen LogP contribution in [0.4, 0.5) is 0 Å². The summed E-state index contributed by atoms with van der Waals surface area (Å²) in [5.41, 5.74) is 5.34. The molecule has 1 atom stereocenters. The summed E-state index contributed by atoms with van der Waals surface area (Å²) in [6.07, 6.45) is 22.2. The van der Waals surface area contributed by atoms with Crippen molar-refractivity contribution in [2.45, 2.75) is 116 Å². The second-order valence-electron chi connectivity index (χ2n) is 8.33. The fourth-order valence-corrected chi connectivity index (χ4v) is 3.83. The average molecular weight is 392 g/mol. The van der Waals surface area contributed by atoms with E-state index < -0.39 is 13.1 Å². The lowest BCUT2D eigenvalue weighted by Crippen LogP contribution is -2.37. The Balaban J connectivity index is 3.30. The molecule has 0 aliphatic carbocycles. The molecule has 0 rings (SSSR count). The standard InChI is InChI=1S/C21H46NO3P/c1-5-6-7-8-9-10-11-12-13-14-15-16-17-18-19-24-26(4,23)25-20-21(2,3)22/h23H,4-20,22H2,1-3H3. The van der Waals surface area contributed by atoms with Crippen LogP contribution in [0.2, 0.25) is 0 Å². The van der Waals surface area contributed by atoms with E-state index in [0.29, 0.717) is 6.61 Å². The third-order valence-corrected chi connectivity index (χ3v) is 5.55. The zero-order chi connectivity index (χ0) is 19.7. The lowest BCUT2D eigenvalue weighted by molar-refractivity contribution is 0.166. The molecular weight excluding hydrogens is 345 g/mol. The molecule has 0 saturated carbocycles. The molecular formula is C21H46NO3P. The minimum atomic E-state index is -2.96. The Morgan fingerprint density at radius 1 is 0.769 bits per heavy atom. The quantitative estimate of drug-likeness (QED) is 0.197. The first-order valence-corrected chi connectivity index (χ1v) is 12.6. The molecule has 3 N–H and O–H groups in total. The van der Waals surface area contributed by atoms with E-state index >= 15 is 0 Å². The fraction of sp³-hybridized carbons (Fsp3) is 0.952. The Hall–Kier alpha value is 0.140. The molecule has 0 radical (unpaired) electrons. The van der Waals surface area contributed by atoms with E-state index in [0.717, 1.165) is 12.8 Å². The minimum absolute atomic E-state index is 0.250. The number of hydrogen-bond acceptors (Lipinski definition) is 4. The summed E-state index contributed by atoms with van der Waals surface area (Å²) in [5.74, 6) is 0. The maximum atomic E-state index is 9.98. The Morgan fingerprint density at radius 2 is 1.15 bits per heavy atom. The highest BCUT2D eigenvalue weighted by molar-refractivity contribution is 7.58. The van der Waals surface area contributed by atoms with Crippen molar-refractivity contribution in [3.63, 3.8) is 0 Å². The lowest BCUT2D eigenvalue weighted by atomic mass is 10.0. The highest BCUT2D eigenvalue weighted by atomic mass is 31.2. The Kier molecular flexibility index (Phi) is 16.2. The maximum Gasteiger partial charge on any atom is 0.248 e. The maximum absolute atomic E-state index is 9.98. The van der Waals surface area contributed by atoms with E-state index in [-0.39, 0.29) is 6.61 Å². The molecule has 0 aliphatic heterocycles. The van der Waals surface area contributed by atoms with Crippen molar-refractivity contribution in [1.29, 1.82) is 0 Å². The van der Waals surface area contributed by atoms with Crippen LogP contribution in [-0.4, -0.2) is 29.9 Å². The van der Waals surface area contributed by atoms with Crippen LogP contribution >= 0.6 is 7.57 Å². The smallest absolute Gasteiger partial charge is 0.248 e. The largest absolute Gasteiger partial charge is 0.333 e. The van der Waals surface area contributed by atoms with Crippen LogP contribution in [0.25, 0.3) is 0 Å². The van der Waals surface area contributed by atoms with Crippen LogP contribution in [0.15, 0.2) is 0 Å². The van der Waals surface area contributed by atoms with Crippen LogP contribution in [-0.2, 0) is 9.05 Å².